The molecule has 0 bridgehead atoms. The van der Waals surface area contributed by atoms with E-state index in [-0.39, 0.29) is 0 Å². The lowest BCUT2D eigenvalue weighted by Gasteiger charge is -2.17. The summed E-state index contributed by atoms with van der Waals surface area (Å²) < 4.78 is 0. The Morgan fingerprint density at radius 3 is 2.14 bits per heavy atom. The normalized spacial score (nSPS) is 13.9. The predicted molar refractivity (Wildman–Crippen MR) is 64.4 cm³/mol. The molecule has 0 aromatic heterocycles. The van der Waals surface area contributed by atoms with Gasteiger partial charge in [-0.25, -0.2) is 0 Å². The van der Waals surface area contributed by atoms with Crippen LogP contribution in [0.4, 0.5) is 0 Å². The Morgan fingerprint density at radius 2 is 1.71 bits per heavy atom. The van der Waals surface area contributed by atoms with Gasteiger partial charge in [-0.3, -0.25) is 0 Å². The summed E-state index contributed by atoms with van der Waals surface area (Å²) in [5.41, 5.74) is 5.96. The Kier molecular flexibility index (Phi) is 8.20. The monoisotopic (exact) mass is 200 g/mol. The predicted octanol–water partition coefficient (Wildman–Crippen LogP) is 2.39. The maximum atomic E-state index is 5.96. The molecule has 0 aromatic carbocycles. The summed E-state index contributed by atoms with van der Waals surface area (Å²) in [5.74, 6) is 1.44. The van der Waals surface area contributed by atoms with Crippen LogP contribution >= 0.6 is 0 Å². The maximum absolute atomic E-state index is 5.96. The molecule has 0 fully saturated rings. The molecule has 0 aromatic rings. The van der Waals surface area contributed by atoms with E-state index in [9.17, 15) is 0 Å². The number of nitrogens with two attached hydrogens (primary N) is 1. The number of hydrogen-bond acceptors (Lipinski definition) is 2. The zero-order valence-corrected chi connectivity index (χ0v) is 10.3. The van der Waals surface area contributed by atoms with Crippen LogP contribution < -0.4 is 11.1 Å². The molecular weight excluding hydrogens is 172 g/mol. The molecule has 1 unspecified atom stereocenters. The fraction of sp³-hybridized carbons (Fsp3) is 1.00. The molecule has 0 heterocycles. The van der Waals surface area contributed by atoms with Crippen molar-refractivity contribution < 1.29 is 0 Å². The third-order valence-electron chi connectivity index (χ3n) is 3.10. The van der Waals surface area contributed by atoms with Crippen LogP contribution in [0.2, 0.25) is 0 Å². The average Bonchev–Trinajstić information content (AvgIpc) is 2.17. The molecule has 14 heavy (non-hydrogen) atoms. The molecule has 0 aliphatic rings. The van der Waals surface area contributed by atoms with Gasteiger partial charge in [-0.15, -0.1) is 0 Å². The molecule has 0 saturated carbocycles. The van der Waals surface area contributed by atoms with E-state index in [1.807, 2.05) is 0 Å². The average molecular weight is 200 g/mol. The van der Waals surface area contributed by atoms with Crippen LogP contribution in [0.1, 0.15) is 47.0 Å². The third kappa shape index (κ3) is 6.39. The van der Waals surface area contributed by atoms with E-state index in [1.165, 1.54) is 12.8 Å². The second-order valence-corrected chi connectivity index (χ2v) is 4.58. The van der Waals surface area contributed by atoms with E-state index in [0.717, 1.165) is 25.4 Å². The zero-order chi connectivity index (χ0) is 11.0. The van der Waals surface area contributed by atoms with Crippen molar-refractivity contribution in [3.8, 4) is 0 Å². The highest BCUT2D eigenvalue weighted by Gasteiger charge is 2.07. The lowest BCUT2D eigenvalue weighted by atomic mass is 10.0. The Labute approximate surface area is 89.6 Å². The molecular formula is C12H28N2. The van der Waals surface area contributed by atoms with Crippen molar-refractivity contribution >= 4 is 0 Å². The molecule has 1 atom stereocenters. The van der Waals surface area contributed by atoms with Crippen LogP contribution in [0.25, 0.3) is 0 Å². The van der Waals surface area contributed by atoms with E-state index in [1.54, 1.807) is 0 Å². The van der Waals surface area contributed by atoms with Crippen molar-refractivity contribution in [3.05, 3.63) is 0 Å². The minimum Gasteiger partial charge on any atom is -0.327 e. The van der Waals surface area contributed by atoms with E-state index in [4.69, 9.17) is 5.73 Å². The minimum absolute atomic E-state index is 0.351. The molecule has 0 saturated heterocycles. The summed E-state index contributed by atoms with van der Waals surface area (Å²) in [7, 11) is 0. The fourth-order valence-electron chi connectivity index (χ4n) is 1.49. The van der Waals surface area contributed by atoms with Gasteiger partial charge < -0.3 is 11.1 Å². The highest BCUT2D eigenvalue weighted by Crippen LogP contribution is 2.05. The standard InChI is InChI=1S/C12H28N2/c1-5-11(6-2)9-14-8-7-12(13)10(3)4/h10-12,14H,5-9,13H2,1-4H3. The third-order valence-corrected chi connectivity index (χ3v) is 3.10. The van der Waals surface area contributed by atoms with Gasteiger partial charge in [-0.1, -0.05) is 40.5 Å². The summed E-state index contributed by atoms with van der Waals surface area (Å²) in [5, 5.41) is 3.49. The van der Waals surface area contributed by atoms with Crippen LogP contribution in [-0.4, -0.2) is 19.1 Å². The first kappa shape index (κ1) is 13.9. The summed E-state index contributed by atoms with van der Waals surface area (Å²) in [4.78, 5) is 0. The number of nitrogens with one attached hydrogen (secondary N) is 1. The summed E-state index contributed by atoms with van der Waals surface area (Å²) in [6.07, 6.45) is 3.65. The molecule has 0 amide bonds. The minimum atomic E-state index is 0.351. The molecule has 2 nitrogen and oxygen atoms in total. The van der Waals surface area contributed by atoms with Crippen LogP contribution in [0.3, 0.4) is 0 Å². The lowest BCUT2D eigenvalue weighted by molar-refractivity contribution is 0.414. The van der Waals surface area contributed by atoms with Gasteiger partial charge in [-0.05, 0) is 31.3 Å². The number of rotatable bonds is 8. The Balaban J connectivity index is 3.36. The first-order chi connectivity index (χ1) is 6.61. The Morgan fingerprint density at radius 1 is 1.14 bits per heavy atom. The highest BCUT2D eigenvalue weighted by atomic mass is 14.9. The molecule has 0 spiro atoms. The van der Waals surface area contributed by atoms with Crippen LogP contribution in [0.5, 0.6) is 0 Å². The topological polar surface area (TPSA) is 38.0 Å². The molecule has 0 radical (unpaired) electrons. The molecule has 0 rings (SSSR count). The van der Waals surface area contributed by atoms with Crippen molar-refractivity contribution in [3.63, 3.8) is 0 Å². The summed E-state index contributed by atoms with van der Waals surface area (Å²) in [6, 6.07) is 0.351. The lowest BCUT2D eigenvalue weighted by Crippen LogP contribution is -2.32. The fourth-order valence-corrected chi connectivity index (χ4v) is 1.49. The van der Waals surface area contributed by atoms with Gasteiger partial charge in [0.25, 0.3) is 0 Å². The molecule has 0 aliphatic carbocycles. The first-order valence-electron chi connectivity index (χ1n) is 6.08. The van der Waals surface area contributed by atoms with E-state index >= 15 is 0 Å². The Hall–Kier alpha value is -0.0800. The van der Waals surface area contributed by atoms with Gasteiger partial charge in [0.15, 0.2) is 0 Å². The number of hydrogen-bond donors (Lipinski definition) is 2. The van der Waals surface area contributed by atoms with Gasteiger partial charge in [0.05, 0.1) is 0 Å². The molecule has 0 aliphatic heterocycles. The summed E-state index contributed by atoms with van der Waals surface area (Å²) in [6.45, 7) is 11.1. The highest BCUT2D eigenvalue weighted by molar-refractivity contribution is 4.67. The van der Waals surface area contributed by atoms with Crippen LogP contribution in [-0.2, 0) is 0 Å². The van der Waals surface area contributed by atoms with Crippen molar-refractivity contribution in [1.29, 1.82) is 0 Å². The van der Waals surface area contributed by atoms with Crippen LogP contribution in [0, 0.1) is 11.8 Å². The van der Waals surface area contributed by atoms with E-state index < -0.39 is 0 Å². The molecule has 86 valence electrons. The smallest absolute Gasteiger partial charge is 0.00739 e. The van der Waals surface area contributed by atoms with Gasteiger partial charge in [-0.2, -0.15) is 0 Å². The van der Waals surface area contributed by atoms with E-state index in [2.05, 4.69) is 33.0 Å². The van der Waals surface area contributed by atoms with Crippen molar-refractivity contribution in [2.24, 2.45) is 17.6 Å². The zero-order valence-electron chi connectivity index (χ0n) is 10.3. The molecule has 3 N–H and O–H groups in total. The van der Waals surface area contributed by atoms with Crippen LogP contribution in [0.15, 0.2) is 0 Å². The second-order valence-electron chi connectivity index (χ2n) is 4.58. The van der Waals surface area contributed by atoms with Gasteiger partial charge in [0.2, 0.25) is 0 Å². The SMILES string of the molecule is CCC(CC)CNCCC(N)C(C)C. The van der Waals surface area contributed by atoms with Crippen molar-refractivity contribution in [1.82, 2.24) is 5.32 Å². The van der Waals surface area contributed by atoms with Gasteiger partial charge >= 0.3 is 0 Å². The van der Waals surface area contributed by atoms with Gasteiger partial charge in [0, 0.05) is 6.04 Å². The first-order valence-corrected chi connectivity index (χ1v) is 6.08. The molecule has 2 heteroatoms. The van der Waals surface area contributed by atoms with Crippen molar-refractivity contribution in [2.75, 3.05) is 13.1 Å². The van der Waals surface area contributed by atoms with E-state index in [0.29, 0.717) is 12.0 Å². The van der Waals surface area contributed by atoms with Gasteiger partial charge in [0.1, 0.15) is 0 Å². The maximum Gasteiger partial charge on any atom is 0.00739 e. The largest absolute Gasteiger partial charge is 0.327 e. The summed E-state index contributed by atoms with van der Waals surface area (Å²) >= 11 is 0. The quantitative estimate of drug-likeness (QED) is 0.590. The second kappa shape index (κ2) is 8.25. The Bertz CT molecular complexity index is 115. The van der Waals surface area contributed by atoms with Crippen molar-refractivity contribution in [2.45, 2.75) is 53.0 Å².